The van der Waals surface area contributed by atoms with Crippen LogP contribution in [0.2, 0.25) is 0 Å². The van der Waals surface area contributed by atoms with Gasteiger partial charge in [-0.2, -0.15) is 0 Å². The van der Waals surface area contributed by atoms with E-state index in [0.29, 0.717) is 5.75 Å². The first kappa shape index (κ1) is 13.6. The lowest BCUT2D eigenvalue weighted by Crippen LogP contribution is -2.05. The van der Waals surface area contributed by atoms with E-state index in [1.165, 1.54) is 10.9 Å². The average Bonchev–Trinajstić information content (AvgIpc) is 2.83. The number of nitrogens with zero attached hydrogens (tertiary/aromatic N) is 1. The molecular formula is C18H19NO2. The molecule has 0 atom stereocenters. The minimum absolute atomic E-state index is 0.182. The molecule has 0 spiro atoms. The standard InChI is InChI=1S/C18H19NO2/c1-13(2)21-17-7-8-18-15(11-17)9-10-19(18)12-14-3-5-16(20)6-4-14/h3-11,13,20H,12H2,1-2H3. The normalized spacial score (nSPS) is 11.2. The Morgan fingerprint density at radius 2 is 1.81 bits per heavy atom. The highest BCUT2D eigenvalue weighted by Gasteiger charge is 2.05. The van der Waals surface area contributed by atoms with Gasteiger partial charge in [0.25, 0.3) is 0 Å². The average molecular weight is 281 g/mol. The summed E-state index contributed by atoms with van der Waals surface area (Å²) in [6.45, 7) is 4.84. The lowest BCUT2D eigenvalue weighted by atomic mass is 10.2. The predicted molar refractivity (Wildman–Crippen MR) is 84.9 cm³/mol. The largest absolute Gasteiger partial charge is 0.508 e. The Balaban J connectivity index is 1.88. The van der Waals surface area contributed by atoms with E-state index in [1.54, 1.807) is 12.1 Å². The highest BCUT2D eigenvalue weighted by molar-refractivity contribution is 5.81. The summed E-state index contributed by atoms with van der Waals surface area (Å²) in [6.07, 6.45) is 2.26. The summed E-state index contributed by atoms with van der Waals surface area (Å²) >= 11 is 0. The van der Waals surface area contributed by atoms with Crippen molar-refractivity contribution >= 4 is 10.9 Å². The van der Waals surface area contributed by atoms with Gasteiger partial charge < -0.3 is 14.4 Å². The van der Waals surface area contributed by atoms with Crippen molar-refractivity contribution in [1.29, 1.82) is 0 Å². The van der Waals surface area contributed by atoms with Gasteiger partial charge in [-0.1, -0.05) is 12.1 Å². The fraction of sp³-hybridized carbons (Fsp3) is 0.222. The smallest absolute Gasteiger partial charge is 0.120 e. The van der Waals surface area contributed by atoms with Gasteiger partial charge in [0, 0.05) is 23.6 Å². The van der Waals surface area contributed by atoms with Crippen LogP contribution in [0, 0.1) is 0 Å². The van der Waals surface area contributed by atoms with Crippen molar-refractivity contribution in [3.8, 4) is 11.5 Å². The molecule has 3 rings (SSSR count). The van der Waals surface area contributed by atoms with Crippen molar-refractivity contribution in [2.75, 3.05) is 0 Å². The fourth-order valence-electron chi connectivity index (χ4n) is 2.46. The Hall–Kier alpha value is -2.42. The third-order valence-corrected chi connectivity index (χ3v) is 3.40. The molecule has 1 aromatic heterocycles. The molecule has 0 amide bonds. The van der Waals surface area contributed by atoms with Crippen LogP contribution < -0.4 is 4.74 Å². The third-order valence-electron chi connectivity index (χ3n) is 3.40. The number of benzene rings is 2. The Labute approximate surface area is 124 Å². The molecule has 0 aliphatic heterocycles. The number of hydrogen-bond acceptors (Lipinski definition) is 2. The molecule has 0 saturated heterocycles. The highest BCUT2D eigenvalue weighted by atomic mass is 16.5. The van der Waals surface area contributed by atoms with Gasteiger partial charge in [0.1, 0.15) is 11.5 Å². The zero-order valence-electron chi connectivity index (χ0n) is 12.3. The van der Waals surface area contributed by atoms with E-state index in [-0.39, 0.29) is 6.10 Å². The van der Waals surface area contributed by atoms with Gasteiger partial charge in [-0.05, 0) is 55.8 Å². The van der Waals surface area contributed by atoms with E-state index < -0.39 is 0 Å². The molecular weight excluding hydrogens is 262 g/mol. The summed E-state index contributed by atoms with van der Waals surface area (Å²) in [5.74, 6) is 1.20. The van der Waals surface area contributed by atoms with Gasteiger partial charge >= 0.3 is 0 Å². The molecule has 1 heterocycles. The quantitative estimate of drug-likeness (QED) is 0.778. The number of rotatable bonds is 4. The first-order valence-corrected chi connectivity index (χ1v) is 7.15. The number of aromatic hydroxyl groups is 1. The predicted octanol–water partition coefficient (Wildman–Crippen LogP) is 4.18. The van der Waals surface area contributed by atoms with E-state index in [0.717, 1.165) is 17.9 Å². The monoisotopic (exact) mass is 281 g/mol. The van der Waals surface area contributed by atoms with Crippen LogP contribution in [0.4, 0.5) is 0 Å². The van der Waals surface area contributed by atoms with E-state index in [4.69, 9.17) is 4.74 Å². The minimum atomic E-state index is 0.182. The molecule has 3 nitrogen and oxygen atoms in total. The van der Waals surface area contributed by atoms with E-state index in [2.05, 4.69) is 29.0 Å². The van der Waals surface area contributed by atoms with Crippen LogP contribution in [-0.4, -0.2) is 15.8 Å². The van der Waals surface area contributed by atoms with Gasteiger partial charge in [-0.15, -0.1) is 0 Å². The van der Waals surface area contributed by atoms with Crippen LogP contribution in [0.3, 0.4) is 0 Å². The second-order valence-electron chi connectivity index (χ2n) is 5.50. The SMILES string of the molecule is CC(C)Oc1ccc2c(ccn2Cc2ccc(O)cc2)c1. The molecule has 108 valence electrons. The van der Waals surface area contributed by atoms with Gasteiger partial charge in [0.15, 0.2) is 0 Å². The van der Waals surface area contributed by atoms with Crippen LogP contribution in [0.15, 0.2) is 54.7 Å². The van der Waals surface area contributed by atoms with Gasteiger partial charge in [0.05, 0.1) is 6.10 Å². The molecule has 21 heavy (non-hydrogen) atoms. The number of hydrogen-bond donors (Lipinski definition) is 1. The number of phenolic OH excluding ortho intramolecular Hbond substituents is 1. The summed E-state index contributed by atoms with van der Waals surface area (Å²) in [5, 5.41) is 10.5. The second-order valence-corrected chi connectivity index (χ2v) is 5.50. The van der Waals surface area contributed by atoms with Gasteiger partial charge in [0.2, 0.25) is 0 Å². The highest BCUT2D eigenvalue weighted by Crippen LogP contribution is 2.24. The fourth-order valence-corrected chi connectivity index (χ4v) is 2.46. The van der Waals surface area contributed by atoms with Crippen molar-refractivity contribution in [3.05, 3.63) is 60.3 Å². The maximum atomic E-state index is 9.34. The molecule has 0 unspecified atom stereocenters. The van der Waals surface area contributed by atoms with Crippen molar-refractivity contribution in [2.24, 2.45) is 0 Å². The molecule has 3 heteroatoms. The number of aromatic nitrogens is 1. The molecule has 3 aromatic rings. The first-order chi connectivity index (χ1) is 10.1. The van der Waals surface area contributed by atoms with Crippen molar-refractivity contribution in [3.63, 3.8) is 0 Å². The summed E-state index contributed by atoms with van der Waals surface area (Å²) in [5.41, 5.74) is 2.34. The maximum Gasteiger partial charge on any atom is 0.120 e. The molecule has 0 radical (unpaired) electrons. The van der Waals surface area contributed by atoms with Crippen LogP contribution in [0.5, 0.6) is 11.5 Å². The molecule has 0 saturated carbocycles. The summed E-state index contributed by atoms with van der Waals surface area (Å²) in [7, 11) is 0. The molecule has 0 bridgehead atoms. The first-order valence-electron chi connectivity index (χ1n) is 7.15. The number of phenols is 1. The Morgan fingerprint density at radius 1 is 1.05 bits per heavy atom. The van der Waals surface area contributed by atoms with Crippen LogP contribution in [0.25, 0.3) is 10.9 Å². The zero-order chi connectivity index (χ0) is 14.8. The van der Waals surface area contributed by atoms with Crippen LogP contribution in [0.1, 0.15) is 19.4 Å². The van der Waals surface area contributed by atoms with Crippen molar-refractivity contribution in [2.45, 2.75) is 26.5 Å². The van der Waals surface area contributed by atoms with E-state index >= 15 is 0 Å². The molecule has 0 fully saturated rings. The van der Waals surface area contributed by atoms with Crippen molar-refractivity contribution in [1.82, 2.24) is 4.57 Å². The van der Waals surface area contributed by atoms with E-state index in [9.17, 15) is 5.11 Å². The molecule has 1 N–H and O–H groups in total. The topological polar surface area (TPSA) is 34.4 Å². The maximum absolute atomic E-state index is 9.34. The Kier molecular flexibility index (Phi) is 3.57. The van der Waals surface area contributed by atoms with Crippen molar-refractivity contribution < 1.29 is 9.84 Å². The summed E-state index contributed by atoms with van der Waals surface area (Å²) in [6, 6.07) is 15.6. The molecule has 0 aliphatic carbocycles. The van der Waals surface area contributed by atoms with Crippen LogP contribution in [-0.2, 0) is 6.54 Å². The number of ether oxygens (including phenoxy) is 1. The summed E-state index contributed by atoms with van der Waals surface area (Å²) < 4.78 is 7.92. The lowest BCUT2D eigenvalue weighted by molar-refractivity contribution is 0.243. The zero-order valence-corrected chi connectivity index (χ0v) is 12.3. The van der Waals surface area contributed by atoms with Crippen LogP contribution >= 0.6 is 0 Å². The number of fused-ring (bicyclic) bond motifs is 1. The Bertz CT molecular complexity index is 742. The minimum Gasteiger partial charge on any atom is -0.508 e. The third kappa shape index (κ3) is 3.02. The second kappa shape index (κ2) is 5.52. The van der Waals surface area contributed by atoms with Gasteiger partial charge in [-0.25, -0.2) is 0 Å². The summed E-state index contributed by atoms with van der Waals surface area (Å²) in [4.78, 5) is 0. The molecule has 0 aliphatic rings. The molecule has 2 aromatic carbocycles. The van der Waals surface area contributed by atoms with Gasteiger partial charge in [-0.3, -0.25) is 0 Å². The van der Waals surface area contributed by atoms with E-state index in [1.807, 2.05) is 32.0 Å². The Morgan fingerprint density at radius 3 is 2.52 bits per heavy atom. The lowest BCUT2D eigenvalue weighted by Gasteiger charge is -2.10.